The molecule has 0 saturated heterocycles. The van der Waals surface area contributed by atoms with Gasteiger partial charge < -0.3 is 33.8 Å². The van der Waals surface area contributed by atoms with Gasteiger partial charge in [0, 0.05) is 25.7 Å². The molecule has 0 bridgehead atoms. The number of unbranched alkanes of at least 4 members (excludes halogenated alkanes) is 56. The van der Waals surface area contributed by atoms with Crippen LogP contribution in [-0.2, 0) is 65.4 Å². The van der Waals surface area contributed by atoms with E-state index in [-0.39, 0.29) is 25.7 Å². The zero-order valence-corrected chi connectivity index (χ0v) is 72.2. The molecule has 0 aliphatic carbocycles. The van der Waals surface area contributed by atoms with E-state index in [2.05, 4.69) is 41.5 Å². The lowest BCUT2D eigenvalue weighted by Gasteiger charge is -2.21. The van der Waals surface area contributed by atoms with Gasteiger partial charge in [-0.1, -0.05) is 420 Å². The highest BCUT2D eigenvalue weighted by Gasteiger charge is 2.31. The Kier molecular flexibility index (Phi) is 77.9. The van der Waals surface area contributed by atoms with E-state index in [0.29, 0.717) is 25.7 Å². The summed E-state index contributed by atoms with van der Waals surface area (Å²) >= 11 is 0. The van der Waals surface area contributed by atoms with Crippen LogP contribution in [0.3, 0.4) is 0 Å². The lowest BCUT2D eigenvalue weighted by atomic mass is 9.99. The Morgan fingerprint density at radius 1 is 0.271 bits per heavy atom. The molecule has 107 heavy (non-hydrogen) atoms. The van der Waals surface area contributed by atoms with E-state index < -0.39 is 97.5 Å². The van der Waals surface area contributed by atoms with Gasteiger partial charge in [-0.25, -0.2) is 9.13 Å². The molecule has 0 aromatic heterocycles. The zero-order valence-electron chi connectivity index (χ0n) is 70.5. The van der Waals surface area contributed by atoms with Crippen LogP contribution >= 0.6 is 15.6 Å². The Morgan fingerprint density at radius 2 is 0.477 bits per heavy atom. The maximum Gasteiger partial charge on any atom is 0.472 e. The van der Waals surface area contributed by atoms with Crippen molar-refractivity contribution in [1.29, 1.82) is 0 Å². The van der Waals surface area contributed by atoms with Crippen LogP contribution in [0.2, 0.25) is 0 Å². The summed E-state index contributed by atoms with van der Waals surface area (Å²) in [5, 5.41) is 10.7. The highest BCUT2D eigenvalue weighted by Crippen LogP contribution is 2.45. The third-order valence-electron chi connectivity index (χ3n) is 21.1. The quantitative estimate of drug-likeness (QED) is 0.0222. The van der Waals surface area contributed by atoms with Crippen molar-refractivity contribution in [3.8, 4) is 0 Å². The lowest BCUT2D eigenvalue weighted by molar-refractivity contribution is -0.161. The number of esters is 4. The van der Waals surface area contributed by atoms with Crippen molar-refractivity contribution in [2.45, 2.75) is 490 Å². The number of hydrogen-bond acceptors (Lipinski definition) is 15. The predicted molar refractivity (Wildman–Crippen MR) is 442 cm³/mol. The third-order valence-corrected chi connectivity index (χ3v) is 23.0. The average molecular weight is 1560 g/mol. The van der Waals surface area contributed by atoms with Crippen LogP contribution in [0.15, 0.2) is 0 Å². The minimum atomic E-state index is -4.97. The standard InChI is InChI=1S/C88H172O17P2/c1-7-10-12-14-16-18-20-22-24-26-28-30-32-34-36-38-40-42-44-52-58-64-70-85(90)98-76-83(104-87(92)72-66-60-54-45-43-41-39-37-35-33-31-29-27-25-23-21-19-17-15-13-11-8-2)78-102-106(94,95)100-74-82(89)75-101-107(96,97)103-79-84(77-99-86(91)71-65-59-53-48-46-50-56-62-68-80(4)5)105-88(93)73-67-61-55-49-47-51-57-63-69-81(6)9-3/h80-84,89H,7-79H2,1-6H3,(H,94,95)(H,96,97)/t81?,82-,83-,84-/m1/s1. The number of aliphatic hydroxyl groups excluding tert-OH is 1. The van der Waals surface area contributed by atoms with Gasteiger partial charge in [0.2, 0.25) is 0 Å². The predicted octanol–water partition coefficient (Wildman–Crippen LogP) is 27.0. The number of aliphatic hydroxyl groups is 1. The lowest BCUT2D eigenvalue weighted by Crippen LogP contribution is -2.30. The first-order valence-corrected chi connectivity index (χ1v) is 48.5. The maximum atomic E-state index is 13.2. The van der Waals surface area contributed by atoms with E-state index in [9.17, 15) is 43.2 Å². The van der Waals surface area contributed by atoms with E-state index in [1.54, 1.807) is 0 Å². The number of phosphoric ester groups is 2. The zero-order chi connectivity index (χ0) is 78.5. The van der Waals surface area contributed by atoms with Crippen molar-refractivity contribution >= 4 is 39.5 Å². The molecule has 0 aromatic carbocycles. The van der Waals surface area contributed by atoms with Gasteiger partial charge >= 0.3 is 39.5 Å². The third kappa shape index (κ3) is 80.5. The molecule has 0 aliphatic heterocycles. The van der Waals surface area contributed by atoms with E-state index in [0.717, 1.165) is 102 Å². The molecule has 0 radical (unpaired) electrons. The first kappa shape index (κ1) is 105. The van der Waals surface area contributed by atoms with Crippen LogP contribution in [0.4, 0.5) is 0 Å². The number of carbonyl (C=O) groups excluding carboxylic acids is 4. The Bertz CT molecular complexity index is 2050. The fourth-order valence-electron chi connectivity index (χ4n) is 13.7. The molecule has 17 nitrogen and oxygen atoms in total. The van der Waals surface area contributed by atoms with Crippen LogP contribution < -0.4 is 0 Å². The Labute approximate surface area is 658 Å². The van der Waals surface area contributed by atoms with Gasteiger partial charge in [0.25, 0.3) is 0 Å². The largest absolute Gasteiger partial charge is 0.472 e. The van der Waals surface area contributed by atoms with Crippen molar-refractivity contribution in [3.05, 3.63) is 0 Å². The summed E-state index contributed by atoms with van der Waals surface area (Å²) in [4.78, 5) is 73.2. The smallest absolute Gasteiger partial charge is 0.462 e. The van der Waals surface area contributed by atoms with Gasteiger partial charge in [-0.3, -0.25) is 37.3 Å². The van der Waals surface area contributed by atoms with E-state index in [4.69, 9.17) is 37.0 Å². The van der Waals surface area contributed by atoms with Gasteiger partial charge in [0.15, 0.2) is 12.2 Å². The number of phosphoric acid groups is 2. The number of ether oxygens (including phenoxy) is 4. The molecule has 0 rings (SSSR count). The van der Waals surface area contributed by atoms with Crippen molar-refractivity contribution < 1.29 is 80.2 Å². The van der Waals surface area contributed by atoms with Gasteiger partial charge in [-0.2, -0.15) is 0 Å². The fraction of sp³-hybridized carbons (Fsp3) is 0.955. The van der Waals surface area contributed by atoms with E-state index in [1.165, 1.54) is 289 Å². The fourth-order valence-corrected chi connectivity index (χ4v) is 15.3. The summed E-state index contributed by atoms with van der Waals surface area (Å²) in [5.74, 6) is -0.610. The SMILES string of the molecule is CCCCCCCCCCCCCCCCCCCCCCCCC(=O)OC[C@H](COP(=O)(O)OC[C@@H](O)COP(=O)(O)OC[C@@H](COC(=O)CCCCCCCCCCC(C)C)OC(=O)CCCCCCCCCCC(C)CC)OC(=O)CCCCCCCCCCCCCCCCCCCCCCCC. The molecule has 0 heterocycles. The normalized spacial score (nSPS) is 14.0. The van der Waals surface area contributed by atoms with E-state index in [1.807, 2.05) is 0 Å². The van der Waals surface area contributed by atoms with Crippen molar-refractivity contribution in [2.75, 3.05) is 39.6 Å². The van der Waals surface area contributed by atoms with Crippen molar-refractivity contribution in [2.24, 2.45) is 11.8 Å². The molecule has 0 saturated carbocycles. The molecule has 0 fully saturated rings. The Hall–Kier alpha value is -1.94. The second-order valence-corrected chi connectivity index (χ2v) is 35.3. The van der Waals surface area contributed by atoms with E-state index >= 15 is 0 Å². The topological polar surface area (TPSA) is 237 Å². The number of rotatable bonds is 87. The molecule has 0 aromatic rings. The molecule has 636 valence electrons. The summed E-state index contributed by atoms with van der Waals surface area (Å²) in [6.07, 6.45) is 72.6. The van der Waals surface area contributed by atoms with Gasteiger partial charge in [-0.15, -0.1) is 0 Å². The molecule has 3 unspecified atom stereocenters. The monoisotopic (exact) mass is 1560 g/mol. The number of hydrogen-bond donors (Lipinski definition) is 3. The van der Waals surface area contributed by atoms with Crippen LogP contribution in [0.1, 0.15) is 472 Å². The summed E-state index contributed by atoms with van der Waals surface area (Å²) in [7, 11) is -9.93. The van der Waals surface area contributed by atoms with Crippen molar-refractivity contribution in [1.82, 2.24) is 0 Å². The minimum Gasteiger partial charge on any atom is -0.462 e. The first-order chi connectivity index (χ1) is 51.9. The molecule has 6 atom stereocenters. The Morgan fingerprint density at radius 3 is 0.710 bits per heavy atom. The summed E-state index contributed by atoms with van der Waals surface area (Å²) < 4.78 is 68.9. The molecular weight excluding hydrogens is 1390 g/mol. The van der Waals surface area contributed by atoms with Crippen LogP contribution in [0.25, 0.3) is 0 Å². The second kappa shape index (κ2) is 79.3. The molecule has 0 amide bonds. The first-order valence-electron chi connectivity index (χ1n) is 45.5. The molecule has 3 N–H and O–H groups in total. The summed E-state index contributed by atoms with van der Waals surface area (Å²) in [6.45, 7) is 9.62. The van der Waals surface area contributed by atoms with Gasteiger partial charge in [0.1, 0.15) is 19.3 Å². The average Bonchev–Trinajstić information content (AvgIpc) is 0.898. The summed E-state index contributed by atoms with van der Waals surface area (Å²) in [5.41, 5.74) is 0. The van der Waals surface area contributed by atoms with Crippen LogP contribution in [0.5, 0.6) is 0 Å². The van der Waals surface area contributed by atoms with Crippen molar-refractivity contribution in [3.63, 3.8) is 0 Å². The summed E-state index contributed by atoms with van der Waals surface area (Å²) in [6, 6.07) is 0. The second-order valence-electron chi connectivity index (χ2n) is 32.4. The highest BCUT2D eigenvalue weighted by atomic mass is 31.2. The van der Waals surface area contributed by atoms with Crippen LogP contribution in [0, 0.1) is 11.8 Å². The molecule has 19 heteroatoms. The maximum absolute atomic E-state index is 13.2. The Balaban J connectivity index is 5.20. The van der Waals surface area contributed by atoms with Gasteiger partial charge in [0.05, 0.1) is 26.4 Å². The number of carbonyl (C=O) groups is 4. The molecular formula is C88H172O17P2. The van der Waals surface area contributed by atoms with Gasteiger partial charge in [-0.05, 0) is 37.5 Å². The minimum absolute atomic E-state index is 0.105. The molecule has 0 spiro atoms. The van der Waals surface area contributed by atoms with Crippen LogP contribution in [-0.4, -0.2) is 96.7 Å². The highest BCUT2D eigenvalue weighted by molar-refractivity contribution is 7.47. The molecule has 0 aliphatic rings.